The van der Waals surface area contributed by atoms with Gasteiger partial charge < -0.3 is 18.6 Å². The molecule has 1 rings (SSSR count). The Balaban J connectivity index is 3.44. The van der Waals surface area contributed by atoms with Gasteiger partial charge >= 0.3 is 17.9 Å². The van der Waals surface area contributed by atoms with Gasteiger partial charge in [0.25, 0.3) is 0 Å². The standard InChI is InChI=1S/C12H14O7/c1-5-18-12(15)9-8(11(14)17-4)7(6(2)19-9)10(13)16-3/h5H2,1-4H3. The predicted octanol–water partition coefficient (Wildman–Crippen LogP) is 1.34. The Bertz CT molecular complexity index is 512. The molecule has 1 heterocycles. The van der Waals surface area contributed by atoms with Crippen LogP contribution in [0.5, 0.6) is 0 Å². The van der Waals surface area contributed by atoms with Gasteiger partial charge in [0.2, 0.25) is 5.76 Å². The van der Waals surface area contributed by atoms with Gasteiger partial charge in [0.1, 0.15) is 16.9 Å². The van der Waals surface area contributed by atoms with Crippen LogP contribution in [0.15, 0.2) is 4.42 Å². The third-order valence-electron chi connectivity index (χ3n) is 2.32. The van der Waals surface area contributed by atoms with Crippen molar-refractivity contribution in [2.45, 2.75) is 13.8 Å². The van der Waals surface area contributed by atoms with Crippen molar-refractivity contribution in [1.82, 2.24) is 0 Å². The normalized spacial score (nSPS) is 9.89. The second kappa shape index (κ2) is 6.03. The molecule has 19 heavy (non-hydrogen) atoms. The van der Waals surface area contributed by atoms with E-state index in [4.69, 9.17) is 9.15 Å². The monoisotopic (exact) mass is 270 g/mol. The summed E-state index contributed by atoms with van der Waals surface area (Å²) in [6.45, 7) is 3.14. The fourth-order valence-electron chi connectivity index (χ4n) is 1.53. The average molecular weight is 270 g/mol. The number of carbonyl (C=O) groups is 3. The molecule has 1 aromatic heterocycles. The summed E-state index contributed by atoms with van der Waals surface area (Å²) in [4.78, 5) is 35.0. The van der Waals surface area contributed by atoms with E-state index in [1.165, 1.54) is 6.92 Å². The van der Waals surface area contributed by atoms with Gasteiger partial charge in [-0.05, 0) is 13.8 Å². The topological polar surface area (TPSA) is 92.0 Å². The van der Waals surface area contributed by atoms with Crippen LogP contribution in [0.3, 0.4) is 0 Å². The highest BCUT2D eigenvalue weighted by Gasteiger charge is 2.33. The van der Waals surface area contributed by atoms with Crippen LogP contribution in [-0.4, -0.2) is 38.7 Å². The maximum Gasteiger partial charge on any atom is 0.375 e. The van der Waals surface area contributed by atoms with Gasteiger partial charge in [0.15, 0.2) is 0 Å². The number of rotatable bonds is 4. The van der Waals surface area contributed by atoms with Crippen molar-refractivity contribution in [3.8, 4) is 0 Å². The smallest absolute Gasteiger partial charge is 0.375 e. The number of hydrogen-bond donors (Lipinski definition) is 0. The minimum Gasteiger partial charge on any atom is -0.465 e. The molecule has 0 N–H and O–H groups in total. The molecule has 0 unspecified atom stereocenters. The Labute approximate surface area is 109 Å². The van der Waals surface area contributed by atoms with Crippen molar-refractivity contribution in [1.29, 1.82) is 0 Å². The highest BCUT2D eigenvalue weighted by molar-refractivity contribution is 6.10. The molecule has 0 radical (unpaired) electrons. The highest BCUT2D eigenvalue weighted by atomic mass is 16.6. The maximum absolute atomic E-state index is 11.7. The van der Waals surface area contributed by atoms with Crippen LogP contribution >= 0.6 is 0 Å². The molecule has 0 saturated heterocycles. The van der Waals surface area contributed by atoms with E-state index in [9.17, 15) is 14.4 Å². The molecule has 0 amide bonds. The first-order valence-electron chi connectivity index (χ1n) is 5.45. The van der Waals surface area contributed by atoms with Gasteiger partial charge in [-0.15, -0.1) is 0 Å². The van der Waals surface area contributed by atoms with Crippen molar-refractivity contribution >= 4 is 17.9 Å². The molecule has 0 aromatic carbocycles. The van der Waals surface area contributed by atoms with Crippen LogP contribution in [0, 0.1) is 6.92 Å². The summed E-state index contributed by atoms with van der Waals surface area (Å²) in [7, 11) is 2.28. The highest BCUT2D eigenvalue weighted by Crippen LogP contribution is 2.25. The average Bonchev–Trinajstić information content (AvgIpc) is 2.75. The van der Waals surface area contributed by atoms with E-state index in [2.05, 4.69) is 9.47 Å². The Morgan fingerprint density at radius 1 is 1.00 bits per heavy atom. The van der Waals surface area contributed by atoms with Crippen LogP contribution in [0.1, 0.15) is 44.0 Å². The second-order valence-electron chi connectivity index (χ2n) is 3.44. The summed E-state index contributed by atoms with van der Waals surface area (Å²) in [6, 6.07) is 0. The zero-order chi connectivity index (χ0) is 14.6. The summed E-state index contributed by atoms with van der Waals surface area (Å²) in [5.74, 6) is -2.81. The van der Waals surface area contributed by atoms with Gasteiger partial charge in [-0.2, -0.15) is 0 Å². The van der Waals surface area contributed by atoms with Gasteiger partial charge in [-0.3, -0.25) is 0 Å². The van der Waals surface area contributed by atoms with E-state index in [0.717, 1.165) is 14.2 Å². The van der Waals surface area contributed by atoms with Crippen LogP contribution in [-0.2, 0) is 14.2 Å². The summed E-state index contributed by atoms with van der Waals surface area (Å²) < 4.78 is 19.0. The molecule has 0 aliphatic heterocycles. The molecule has 1 aromatic rings. The molecular formula is C12H14O7. The third kappa shape index (κ3) is 2.75. The SMILES string of the molecule is CCOC(=O)c1oc(C)c(C(=O)OC)c1C(=O)OC. The molecule has 0 fully saturated rings. The Kier molecular flexibility index (Phi) is 4.68. The minimum absolute atomic E-state index is 0.0790. The van der Waals surface area contributed by atoms with Crippen molar-refractivity contribution in [3.63, 3.8) is 0 Å². The van der Waals surface area contributed by atoms with Crippen molar-refractivity contribution in [3.05, 3.63) is 22.6 Å². The van der Waals surface area contributed by atoms with Gasteiger partial charge in [0, 0.05) is 0 Å². The number of esters is 3. The van der Waals surface area contributed by atoms with E-state index in [1.54, 1.807) is 6.92 Å². The molecule has 0 atom stereocenters. The Morgan fingerprint density at radius 3 is 2.00 bits per heavy atom. The zero-order valence-electron chi connectivity index (χ0n) is 11.1. The third-order valence-corrected chi connectivity index (χ3v) is 2.32. The van der Waals surface area contributed by atoms with Crippen LogP contribution in [0.2, 0.25) is 0 Å². The number of ether oxygens (including phenoxy) is 3. The lowest BCUT2D eigenvalue weighted by atomic mass is 10.1. The summed E-state index contributed by atoms with van der Waals surface area (Å²) in [6.07, 6.45) is 0. The van der Waals surface area contributed by atoms with Crippen LogP contribution < -0.4 is 0 Å². The van der Waals surface area contributed by atoms with Crippen molar-refractivity contribution < 1.29 is 33.0 Å². The summed E-state index contributed by atoms with van der Waals surface area (Å²) in [5, 5.41) is 0. The van der Waals surface area contributed by atoms with Gasteiger partial charge in [0.05, 0.1) is 20.8 Å². The van der Waals surface area contributed by atoms with Crippen LogP contribution in [0.4, 0.5) is 0 Å². The van der Waals surface area contributed by atoms with E-state index >= 15 is 0 Å². The predicted molar refractivity (Wildman–Crippen MR) is 62.1 cm³/mol. The summed E-state index contributed by atoms with van der Waals surface area (Å²) >= 11 is 0. The zero-order valence-corrected chi connectivity index (χ0v) is 11.1. The van der Waals surface area contributed by atoms with E-state index in [-0.39, 0.29) is 29.3 Å². The van der Waals surface area contributed by atoms with E-state index in [0.29, 0.717) is 0 Å². The number of hydrogen-bond acceptors (Lipinski definition) is 7. The first kappa shape index (κ1) is 14.7. The lowest BCUT2D eigenvalue weighted by molar-refractivity contribution is 0.0467. The van der Waals surface area contributed by atoms with E-state index in [1.807, 2.05) is 0 Å². The van der Waals surface area contributed by atoms with Gasteiger partial charge in [-0.1, -0.05) is 0 Å². The Hall–Kier alpha value is -2.31. The first-order chi connectivity index (χ1) is 8.97. The molecule has 0 saturated carbocycles. The lowest BCUT2D eigenvalue weighted by Gasteiger charge is -2.03. The Morgan fingerprint density at radius 2 is 1.53 bits per heavy atom. The number of methoxy groups -OCH3 is 2. The summed E-state index contributed by atoms with van der Waals surface area (Å²) in [5.41, 5.74) is -0.428. The maximum atomic E-state index is 11.7. The number of carbonyl (C=O) groups excluding carboxylic acids is 3. The largest absolute Gasteiger partial charge is 0.465 e. The van der Waals surface area contributed by atoms with Crippen molar-refractivity contribution in [2.75, 3.05) is 20.8 Å². The molecule has 0 bridgehead atoms. The second-order valence-corrected chi connectivity index (χ2v) is 3.44. The van der Waals surface area contributed by atoms with E-state index < -0.39 is 17.9 Å². The molecular weight excluding hydrogens is 256 g/mol. The molecule has 0 aliphatic rings. The fraction of sp³-hybridized carbons (Fsp3) is 0.417. The number of aryl methyl sites for hydroxylation is 1. The number of furan rings is 1. The molecule has 0 aliphatic carbocycles. The van der Waals surface area contributed by atoms with Crippen LogP contribution in [0.25, 0.3) is 0 Å². The molecule has 104 valence electrons. The molecule has 7 nitrogen and oxygen atoms in total. The minimum atomic E-state index is -0.875. The van der Waals surface area contributed by atoms with Gasteiger partial charge in [-0.25, -0.2) is 14.4 Å². The van der Waals surface area contributed by atoms with Crippen molar-refractivity contribution in [2.24, 2.45) is 0 Å². The molecule has 7 heteroatoms. The fourth-order valence-corrected chi connectivity index (χ4v) is 1.53. The molecule has 0 spiro atoms. The quantitative estimate of drug-likeness (QED) is 0.602. The first-order valence-corrected chi connectivity index (χ1v) is 5.45. The lowest BCUT2D eigenvalue weighted by Crippen LogP contribution is -2.15.